The van der Waals surface area contributed by atoms with Gasteiger partial charge in [-0.15, -0.1) is 0 Å². The first-order valence-electron chi connectivity index (χ1n) is 8.50. The lowest BCUT2D eigenvalue weighted by molar-refractivity contribution is -0.140. The molecular formula is C21H24O3. The lowest BCUT2D eigenvalue weighted by Crippen LogP contribution is -2.06. The standard InChI is InChI=1S/C21H24O3/c22-19(16-21(23)24)14-8-3-9-15-20(17-10-4-1-5-11-17)18-12-6-2-7-13-18/h1-2,4-7,10-13,20H,3,8-9,14-16H2,(H,23,24). The fourth-order valence-corrected chi connectivity index (χ4v) is 3.00. The second-order valence-electron chi connectivity index (χ2n) is 6.08. The molecule has 0 heterocycles. The van der Waals surface area contributed by atoms with Gasteiger partial charge in [-0.2, -0.15) is 0 Å². The van der Waals surface area contributed by atoms with Crippen molar-refractivity contribution in [3.63, 3.8) is 0 Å². The Hall–Kier alpha value is -2.42. The summed E-state index contributed by atoms with van der Waals surface area (Å²) in [7, 11) is 0. The smallest absolute Gasteiger partial charge is 0.310 e. The third-order valence-corrected chi connectivity index (χ3v) is 4.20. The van der Waals surface area contributed by atoms with E-state index in [4.69, 9.17) is 5.11 Å². The molecule has 0 saturated carbocycles. The number of aliphatic carboxylic acids is 1. The van der Waals surface area contributed by atoms with E-state index in [1.54, 1.807) is 0 Å². The summed E-state index contributed by atoms with van der Waals surface area (Å²) < 4.78 is 0. The molecule has 1 N–H and O–H groups in total. The van der Waals surface area contributed by atoms with Crippen molar-refractivity contribution in [3.8, 4) is 0 Å². The van der Waals surface area contributed by atoms with Crippen molar-refractivity contribution >= 4 is 11.8 Å². The van der Waals surface area contributed by atoms with Crippen LogP contribution < -0.4 is 0 Å². The van der Waals surface area contributed by atoms with Crippen molar-refractivity contribution in [2.24, 2.45) is 0 Å². The van der Waals surface area contributed by atoms with Gasteiger partial charge in [-0.05, 0) is 24.0 Å². The third-order valence-electron chi connectivity index (χ3n) is 4.20. The zero-order chi connectivity index (χ0) is 17.2. The maximum Gasteiger partial charge on any atom is 0.310 e. The number of carboxylic acid groups (broad SMARTS) is 1. The first-order valence-corrected chi connectivity index (χ1v) is 8.50. The first-order chi connectivity index (χ1) is 11.7. The van der Waals surface area contributed by atoms with Crippen LogP contribution in [0.3, 0.4) is 0 Å². The van der Waals surface area contributed by atoms with Crippen molar-refractivity contribution in [2.75, 3.05) is 0 Å². The molecule has 2 aromatic carbocycles. The highest BCUT2D eigenvalue weighted by atomic mass is 16.4. The summed E-state index contributed by atoms with van der Waals surface area (Å²) in [5.41, 5.74) is 2.62. The number of carbonyl (C=O) groups excluding carboxylic acids is 1. The van der Waals surface area contributed by atoms with Gasteiger partial charge in [0.2, 0.25) is 0 Å². The third kappa shape index (κ3) is 5.99. The molecule has 2 aromatic rings. The van der Waals surface area contributed by atoms with E-state index in [0.29, 0.717) is 12.3 Å². The van der Waals surface area contributed by atoms with Crippen molar-refractivity contribution in [3.05, 3.63) is 71.8 Å². The molecule has 0 radical (unpaired) electrons. The van der Waals surface area contributed by atoms with E-state index >= 15 is 0 Å². The van der Waals surface area contributed by atoms with E-state index in [1.165, 1.54) is 11.1 Å². The van der Waals surface area contributed by atoms with Crippen LogP contribution in [0.15, 0.2) is 60.7 Å². The van der Waals surface area contributed by atoms with E-state index in [1.807, 2.05) is 12.1 Å². The van der Waals surface area contributed by atoms with Crippen LogP contribution in [0.5, 0.6) is 0 Å². The minimum Gasteiger partial charge on any atom is -0.481 e. The predicted octanol–water partition coefficient (Wildman–Crippen LogP) is 4.81. The van der Waals surface area contributed by atoms with Crippen molar-refractivity contribution in [2.45, 2.75) is 44.4 Å². The largest absolute Gasteiger partial charge is 0.481 e. The molecule has 0 spiro atoms. The van der Waals surface area contributed by atoms with Gasteiger partial charge in [-0.1, -0.05) is 73.5 Å². The van der Waals surface area contributed by atoms with Crippen LogP contribution in [0.4, 0.5) is 0 Å². The zero-order valence-electron chi connectivity index (χ0n) is 13.9. The summed E-state index contributed by atoms with van der Waals surface area (Å²) in [6, 6.07) is 21.0. The summed E-state index contributed by atoms with van der Waals surface area (Å²) >= 11 is 0. The number of hydrogen-bond donors (Lipinski definition) is 1. The summed E-state index contributed by atoms with van der Waals surface area (Å²) in [6.45, 7) is 0. The van der Waals surface area contributed by atoms with Gasteiger partial charge in [0.1, 0.15) is 12.2 Å². The van der Waals surface area contributed by atoms with Crippen molar-refractivity contribution < 1.29 is 14.7 Å². The quantitative estimate of drug-likeness (QED) is 0.504. The van der Waals surface area contributed by atoms with Crippen molar-refractivity contribution in [1.29, 1.82) is 0 Å². The number of benzene rings is 2. The van der Waals surface area contributed by atoms with Crippen LogP contribution in [0.25, 0.3) is 0 Å². The summed E-state index contributed by atoms with van der Waals surface area (Å²) in [6.07, 6.45) is 3.78. The molecule has 0 aliphatic heterocycles. The monoisotopic (exact) mass is 324 g/mol. The van der Waals surface area contributed by atoms with Crippen LogP contribution in [-0.4, -0.2) is 16.9 Å². The van der Waals surface area contributed by atoms with Gasteiger partial charge >= 0.3 is 5.97 Å². The number of hydrogen-bond acceptors (Lipinski definition) is 2. The maximum absolute atomic E-state index is 11.4. The summed E-state index contributed by atoms with van der Waals surface area (Å²) in [5.74, 6) is -0.847. The fraction of sp³-hybridized carbons (Fsp3) is 0.333. The number of carbonyl (C=O) groups is 2. The van der Waals surface area contributed by atoms with E-state index in [0.717, 1.165) is 25.7 Å². The van der Waals surface area contributed by atoms with Crippen LogP contribution in [-0.2, 0) is 9.59 Å². The Balaban J connectivity index is 1.86. The lowest BCUT2D eigenvalue weighted by Gasteiger charge is -2.18. The zero-order valence-corrected chi connectivity index (χ0v) is 13.9. The molecule has 0 aliphatic rings. The fourth-order valence-electron chi connectivity index (χ4n) is 3.00. The highest BCUT2D eigenvalue weighted by Gasteiger charge is 2.13. The molecule has 126 valence electrons. The molecular weight excluding hydrogens is 300 g/mol. The topological polar surface area (TPSA) is 54.4 Å². The average Bonchev–Trinajstić information content (AvgIpc) is 2.59. The van der Waals surface area contributed by atoms with E-state index in [-0.39, 0.29) is 12.2 Å². The summed E-state index contributed by atoms with van der Waals surface area (Å²) in [5, 5.41) is 8.59. The molecule has 0 aromatic heterocycles. The number of unbranched alkanes of at least 4 members (excludes halogenated alkanes) is 2. The SMILES string of the molecule is O=C(O)CC(=O)CCCCCC(c1ccccc1)c1ccccc1. The van der Waals surface area contributed by atoms with Gasteiger partial charge in [0.25, 0.3) is 0 Å². The number of carboxylic acids is 1. The second-order valence-corrected chi connectivity index (χ2v) is 6.08. The van der Waals surface area contributed by atoms with Gasteiger partial charge in [-0.25, -0.2) is 0 Å². The Labute approximate surface area is 143 Å². The van der Waals surface area contributed by atoms with Crippen molar-refractivity contribution in [1.82, 2.24) is 0 Å². The molecule has 0 aliphatic carbocycles. The number of rotatable bonds is 10. The Morgan fingerprint density at radius 2 is 1.33 bits per heavy atom. The van der Waals surface area contributed by atoms with Crippen LogP contribution >= 0.6 is 0 Å². The van der Waals surface area contributed by atoms with Gasteiger partial charge in [0.15, 0.2) is 0 Å². The molecule has 0 bridgehead atoms. The normalized spacial score (nSPS) is 10.7. The molecule has 0 saturated heterocycles. The van der Waals surface area contributed by atoms with E-state index < -0.39 is 5.97 Å². The first kappa shape index (κ1) is 17.9. The van der Waals surface area contributed by atoms with E-state index in [9.17, 15) is 9.59 Å². The molecule has 2 rings (SSSR count). The van der Waals surface area contributed by atoms with Crippen LogP contribution in [0.2, 0.25) is 0 Å². The molecule has 24 heavy (non-hydrogen) atoms. The minimum atomic E-state index is -1.03. The number of Topliss-reactive ketones (excluding diaryl/α,β-unsaturated/α-hetero) is 1. The molecule has 3 nitrogen and oxygen atoms in total. The molecule has 0 atom stereocenters. The summed E-state index contributed by atoms with van der Waals surface area (Å²) in [4.78, 5) is 21.9. The molecule has 0 fully saturated rings. The van der Waals surface area contributed by atoms with Gasteiger partial charge in [0, 0.05) is 12.3 Å². The molecule has 0 unspecified atom stereocenters. The van der Waals surface area contributed by atoms with Crippen LogP contribution in [0, 0.1) is 0 Å². The van der Waals surface area contributed by atoms with Gasteiger partial charge in [-0.3, -0.25) is 9.59 Å². The Bertz CT molecular complexity index is 595. The predicted molar refractivity (Wildman–Crippen MR) is 95.1 cm³/mol. The highest BCUT2D eigenvalue weighted by Crippen LogP contribution is 2.29. The van der Waals surface area contributed by atoms with E-state index in [2.05, 4.69) is 48.5 Å². The Morgan fingerprint density at radius 1 is 0.792 bits per heavy atom. The average molecular weight is 324 g/mol. The highest BCUT2D eigenvalue weighted by molar-refractivity contribution is 5.94. The minimum absolute atomic E-state index is 0.176. The molecule has 0 amide bonds. The lowest BCUT2D eigenvalue weighted by atomic mass is 9.87. The van der Waals surface area contributed by atoms with Gasteiger partial charge < -0.3 is 5.11 Å². The Kier molecular flexibility index (Phi) is 7.21. The number of ketones is 1. The van der Waals surface area contributed by atoms with Crippen LogP contribution in [0.1, 0.15) is 55.6 Å². The Morgan fingerprint density at radius 3 is 1.83 bits per heavy atom. The second kappa shape index (κ2) is 9.66. The molecule has 3 heteroatoms. The van der Waals surface area contributed by atoms with Gasteiger partial charge in [0.05, 0.1) is 0 Å². The maximum atomic E-state index is 11.4.